The van der Waals surface area contributed by atoms with Crippen LogP contribution in [0.2, 0.25) is 0 Å². The highest BCUT2D eigenvalue weighted by molar-refractivity contribution is 5.91. The Balaban J connectivity index is 1.69. The summed E-state index contributed by atoms with van der Waals surface area (Å²) >= 11 is 0. The number of hydrogen-bond acceptors (Lipinski definition) is 5. The van der Waals surface area contributed by atoms with E-state index in [-0.39, 0.29) is 17.8 Å². The summed E-state index contributed by atoms with van der Waals surface area (Å²) in [5.41, 5.74) is 1.56. The molecule has 7 heteroatoms. The standard InChI is InChI=1S/C19H24FN5O/c1-13(26)25(2)16-10-8-15(9-11-16)23-19-21-12-17(20)18(24-19)22-14-6-4-3-5-7-14/h8-12,14H,3-7H2,1-2H3,(H2,21,22,23,24). The van der Waals surface area contributed by atoms with Gasteiger partial charge in [-0.05, 0) is 37.1 Å². The van der Waals surface area contributed by atoms with Gasteiger partial charge < -0.3 is 15.5 Å². The van der Waals surface area contributed by atoms with Crippen LogP contribution in [0.25, 0.3) is 0 Å². The second kappa shape index (κ2) is 8.12. The van der Waals surface area contributed by atoms with Gasteiger partial charge in [-0.15, -0.1) is 0 Å². The minimum absolute atomic E-state index is 0.0361. The number of halogens is 1. The largest absolute Gasteiger partial charge is 0.365 e. The fourth-order valence-corrected chi connectivity index (χ4v) is 3.05. The maximum absolute atomic E-state index is 14.0. The fourth-order valence-electron chi connectivity index (χ4n) is 3.05. The van der Waals surface area contributed by atoms with Crippen molar-refractivity contribution in [1.82, 2.24) is 9.97 Å². The average molecular weight is 357 g/mol. The summed E-state index contributed by atoms with van der Waals surface area (Å²) in [6, 6.07) is 7.58. The minimum Gasteiger partial charge on any atom is -0.365 e. The van der Waals surface area contributed by atoms with Crippen LogP contribution in [0.3, 0.4) is 0 Å². The molecule has 0 atom stereocenters. The Kier molecular flexibility index (Phi) is 5.65. The van der Waals surface area contributed by atoms with E-state index in [1.54, 1.807) is 11.9 Å². The predicted octanol–water partition coefficient (Wildman–Crippen LogP) is 4.09. The van der Waals surface area contributed by atoms with Gasteiger partial charge in [-0.25, -0.2) is 9.37 Å². The van der Waals surface area contributed by atoms with Gasteiger partial charge in [-0.3, -0.25) is 4.79 Å². The molecule has 1 heterocycles. The molecule has 1 aliphatic rings. The first kappa shape index (κ1) is 18.1. The molecule has 1 fully saturated rings. The normalized spacial score (nSPS) is 14.7. The molecule has 0 aliphatic heterocycles. The van der Waals surface area contributed by atoms with Gasteiger partial charge in [0.25, 0.3) is 0 Å². The van der Waals surface area contributed by atoms with E-state index in [1.807, 2.05) is 24.3 Å². The van der Waals surface area contributed by atoms with Gasteiger partial charge in [0.05, 0.1) is 6.20 Å². The first-order valence-electron chi connectivity index (χ1n) is 8.93. The summed E-state index contributed by atoms with van der Waals surface area (Å²) in [5.74, 6) is 0.0882. The summed E-state index contributed by atoms with van der Waals surface area (Å²) in [6.45, 7) is 1.51. The number of carbonyl (C=O) groups is 1. The Morgan fingerprint density at radius 2 is 1.88 bits per heavy atom. The third-order valence-electron chi connectivity index (χ3n) is 4.67. The van der Waals surface area contributed by atoms with Crippen molar-refractivity contribution < 1.29 is 9.18 Å². The molecule has 1 saturated carbocycles. The summed E-state index contributed by atoms with van der Waals surface area (Å²) in [6.07, 6.45) is 6.83. The predicted molar refractivity (Wildman–Crippen MR) is 101 cm³/mol. The van der Waals surface area contributed by atoms with Crippen molar-refractivity contribution in [3.8, 4) is 0 Å². The van der Waals surface area contributed by atoms with Crippen LogP contribution in [0.15, 0.2) is 30.5 Å². The molecule has 2 N–H and O–H groups in total. The molecular weight excluding hydrogens is 333 g/mol. The molecule has 0 bridgehead atoms. The maximum Gasteiger partial charge on any atom is 0.229 e. The second-order valence-electron chi connectivity index (χ2n) is 6.62. The van der Waals surface area contributed by atoms with Gasteiger partial charge in [0.1, 0.15) is 0 Å². The highest BCUT2D eigenvalue weighted by atomic mass is 19.1. The number of anilines is 4. The van der Waals surface area contributed by atoms with Crippen molar-refractivity contribution in [2.75, 3.05) is 22.6 Å². The molecule has 26 heavy (non-hydrogen) atoms. The van der Waals surface area contributed by atoms with E-state index >= 15 is 0 Å². The van der Waals surface area contributed by atoms with E-state index in [0.29, 0.717) is 5.95 Å². The molecule has 0 radical (unpaired) electrons. The lowest BCUT2D eigenvalue weighted by molar-refractivity contribution is -0.116. The van der Waals surface area contributed by atoms with Gasteiger partial charge in [0.15, 0.2) is 11.6 Å². The van der Waals surface area contributed by atoms with Crippen LogP contribution in [0.1, 0.15) is 39.0 Å². The number of carbonyl (C=O) groups excluding carboxylic acids is 1. The van der Waals surface area contributed by atoms with E-state index < -0.39 is 5.82 Å². The van der Waals surface area contributed by atoms with E-state index in [4.69, 9.17) is 0 Å². The van der Waals surface area contributed by atoms with Crippen LogP contribution in [-0.2, 0) is 4.79 Å². The fraction of sp³-hybridized carbons (Fsp3) is 0.421. The lowest BCUT2D eigenvalue weighted by Gasteiger charge is -2.23. The Labute approximate surface area is 152 Å². The van der Waals surface area contributed by atoms with E-state index in [1.165, 1.54) is 19.5 Å². The number of hydrogen-bond donors (Lipinski definition) is 2. The smallest absolute Gasteiger partial charge is 0.229 e. The minimum atomic E-state index is -0.445. The zero-order valence-electron chi connectivity index (χ0n) is 15.1. The quantitative estimate of drug-likeness (QED) is 0.843. The third kappa shape index (κ3) is 4.47. The van der Waals surface area contributed by atoms with Gasteiger partial charge in [0.2, 0.25) is 11.9 Å². The molecule has 138 valence electrons. The molecule has 1 aromatic carbocycles. The average Bonchev–Trinajstić information content (AvgIpc) is 2.65. The molecular formula is C19H24FN5O. The first-order valence-corrected chi connectivity index (χ1v) is 8.93. The van der Waals surface area contributed by atoms with Crippen LogP contribution in [0.5, 0.6) is 0 Å². The Morgan fingerprint density at radius 3 is 2.54 bits per heavy atom. The maximum atomic E-state index is 14.0. The lowest BCUT2D eigenvalue weighted by atomic mass is 9.95. The molecule has 2 aromatic rings. The van der Waals surface area contributed by atoms with E-state index in [0.717, 1.165) is 37.1 Å². The highest BCUT2D eigenvalue weighted by Gasteiger charge is 2.16. The number of nitrogens with one attached hydrogen (secondary N) is 2. The molecule has 1 amide bonds. The molecule has 0 unspecified atom stereocenters. The third-order valence-corrected chi connectivity index (χ3v) is 4.67. The number of benzene rings is 1. The van der Waals surface area contributed by atoms with Crippen LogP contribution >= 0.6 is 0 Å². The first-order chi connectivity index (χ1) is 12.5. The summed E-state index contributed by atoms with van der Waals surface area (Å²) in [7, 11) is 1.72. The lowest BCUT2D eigenvalue weighted by Crippen LogP contribution is -2.23. The second-order valence-corrected chi connectivity index (χ2v) is 6.62. The molecule has 6 nitrogen and oxygen atoms in total. The zero-order valence-corrected chi connectivity index (χ0v) is 15.1. The van der Waals surface area contributed by atoms with Crippen molar-refractivity contribution in [2.45, 2.75) is 45.1 Å². The van der Waals surface area contributed by atoms with Crippen molar-refractivity contribution in [1.29, 1.82) is 0 Å². The van der Waals surface area contributed by atoms with Crippen molar-refractivity contribution >= 4 is 29.0 Å². The van der Waals surface area contributed by atoms with Crippen LogP contribution < -0.4 is 15.5 Å². The summed E-state index contributed by atoms with van der Waals surface area (Å²) in [5, 5.41) is 6.27. The molecule has 3 rings (SSSR count). The van der Waals surface area contributed by atoms with Crippen molar-refractivity contribution in [3.63, 3.8) is 0 Å². The van der Waals surface area contributed by atoms with Gasteiger partial charge >= 0.3 is 0 Å². The molecule has 0 spiro atoms. The van der Waals surface area contributed by atoms with Crippen molar-refractivity contribution in [3.05, 3.63) is 36.3 Å². The van der Waals surface area contributed by atoms with Gasteiger partial charge in [-0.2, -0.15) is 4.98 Å². The Morgan fingerprint density at radius 1 is 1.19 bits per heavy atom. The highest BCUT2D eigenvalue weighted by Crippen LogP contribution is 2.24. The van der Waals surface area contributed by atoms with Crippen LogP contribution in [-0.4, -0.2) is 29.0 Å². The number of nitrogens with zero attached hydrogens (tertiary/aromatic N) is 3. The number of amides is 1. The van der Waals surface area contributed by atoms with Crippen LogP contribution in [0, 0.1) is 5.82 Å². The van der Waals surface area contributed by atoms with Gasteiger partial charge in [-0.1, -0.05) is 19.3 Å². The SMILES string of the molecule is CC(=O)N(C)c1ccc(Nc2ncc(F)c(NC3CCCCC3)n2)cc1. The summed E-state index contributed by atoms with van der Waals surface area (Å²) < 4.78 is 14.0. The van der Waals surface area contributed by atoms with E-state index in [2.05, 4.69) is 20.6 Å². The molecule has 0 saturated heterocycles. The topological polar surface area (TPSA) is 70.2 Å². The van der Waals surface area contributed by atoms with Crippen molar-refractivity contribution in [2.24, 2.45) is 0 Å². The monoisotopic (exact) mass is 357 g/mol. The number of rotatable bonds is 5. The Hall–Kier alpha value is -2.70. The molecule has 1 aromatic heterocycles. The summed E-state index contributed by atoms with van der Waals surface area (Å²) in [4.78, 5) is 21.2. The molecule has 1 aliphatic carbocycles. The van der Waals surface area contributed by atoms with E-state index in [9.17, 15) is 9.18 Å². The number of aromatic nitrogens is 2. The zero-order chi connectivity index (χ0) is 18.5. The van der Waals surface area contributed by atoms with Crippen LogP contribution in [0.4, 0.5) is 27.5 Å². The Bertz CT molecular complexity index is 759. The van der Waals surface area contributed by atoms with Gasteiger partial charge in [0, 0.05) is 31.4 Å².